The van der Waals surface area contributed by atoms with Gasteiger partial charge in [-0.2, -0.15) is 0 Å². The summed E-state index contributed by atoms with van der Waals surface area (Å²) in [4.78, 5) is 3.99. The molecule has 2 nitrogen and oxygen atoms in total. The minimum absolute atomic E-state index is 0.283. The number of alkyl halides is 1. The number of benzene rings is 1. The average molecular weight is 237 g/mol. The third-order valence-corrected chi connectivity index (χ3v) is 2.58. The fourth-order valence-corrected chi connectivity index (χ4v) is 1.76. The molecule has 1 aromatic heterocycles. The van der Waals surface area contributed by atoms with Gasteiger partial charge in [-0.15, -0.1) is 11.6 Å². The first-order chi connectivity index (χ1) is 7.70. The zero-order valence-corrected chi connectivity index (χ0v) is 9.21. The molecule has 0 spiro atoms. The summed E-state index contributed by atoms with van der Waals surface area (Å²) in [5.41, 5.74) is 7.98. The van der Waals surface area contributed by atoms with Crippen molar-refractivity contribution in [3.05, 3.63) is 47.9 Å². The quantitative estimate of drug-likeness (QED) is 0.814. The van der Waals surface area contributed by atoms with E-state index in [2.05, 4.69) is 4.98 Å². The van der Waals surface area contributed by atoms with Crippen LogP contribution in [0, 0.1) is 5.82 Å². The molecule has 2 N–H and O–H groups in total. The number of hydrogen-bond donors (Lipinski definition) is 1. The van der Waals surface area contributed by atoms with Gasteiger partial charge >= 0.3 is 0 Å². The summed E-state index contributed by atoms with van der Waals surface area (Å²) in [6.45, 7) is 0. The SMILES string of the molecule is Nc1cc(CCl)c(-c2cccc(F)c2)cn1. The van der Waals surface area contributed by atoms with Crippen LogP contribution < -0.4 is 5.73 Å². The number of nitrogens with two attached hydrogens (primary N) is 1. The van der Waals surface area contributed by atoms with Crippen molar-refractivity contribution < 1.29 is 4.39 Å². The van der Waals surface area contributed by atoms with E-state index in [1.165, 1.54) is 12.1 Å². The molecular weight excluding hydrogens is 227 g/mol. The predicted molar refractivity (Wildman–Crippen MR) is 63.6 cm³/mol. The lowest BCUT2D eigenvalue weighted by atomic mass is 10.0. The molecule has 0 unspecified atom stereocenters. The third kappa shape index (κ3) is 2.14. The third-order valence-electron chi connectivity index (χ3n) is 2.29. The average Bonchev–Trinajstić information content (AvgIpc) is 2.28. The Balaban J connectivity index is 2.55. The van der Waals surface area contributed by atoms with E-state index in [0.29, 0.717) is 11.7 Å². The van der Waals surface area contributed by atoms with Gasteiger partial charge in [-0.25, -0.2) is 9.37 Å². The van der Waals surface area contributed by atoms with E-state index in [4.69, 9.17) is 17.3 Å². The van der Waals surface area contributed by atoms with Crippen LogP contribution in [0.25, 0.3) is 11.1 Å². The van der Waals surface area contributed by atoms with Crippen LogP contribution in [0.15, 0.2) is 36.5 Å². The molecule has 0 bridgehead atoms. The highest BCUT2D eigenvalue weighted by atomic mass is 35.5. The Bertz CT molecular complexity index is 514. The molecule has 2 rings (SSSR count). The molecule has 0 radical (unpaired) electrons. The zero-order valence-electron chi connectivity index (χ0n) is 8.45. The first-order valence-electron chi connectivity index (χ1n) is 4.77. The summed E-state index contributed by atoms with van der Waals surface area (Å²) < 4.78 is 13.1. The van der Waals surface area contributed by atoms with Crippen LogP contribution in [0.2, 0.25) is 0 Å². The van der Waals surface area contributed by atoms with Crippen LogP contribution in [0.1, 0.15) is 5.56 Å². The Kier molecular flexibility index (Phi) is 3.06. The van der Waals surface area contributed by atoms with E-state index >= 15 is 0 Å². The van der Waals surface area contributed by atoms with Gasteiger partial charge in [0.1, 0.15) is 11.6 Å². The summed E-state index contributed by atoms with van der Waals surface area (Å²) in [7, 11) is 0. The lowest BCUT2D eigenvalue weighted by Crippen LogP contribution is -1.94. The molecule has 2 aromatic rings. The van der Waals surface area contributed by atoms with Crippen molar-refractivity contribution in [3.8, 4) is 11.1 Å². The van der Waals surface area contributed by atoms with Crippen molar-refractivity contribution in [1.29, 1.82) is 0 Å². The molecule has 0 aliphatic carbocycles. The fourth-order valence-electron chi connectivity index (χ4n) is 1.54. The van der Waals surface area contributed by atoms with Gasteiger partial charge in [0.15, 0.2) is 0 Å². The summed E-state index contributed by atoms with van der Waals surface area (Å²) in [5, 5.41) is 0. The van der Waals surface area contributed by atoms with Crippen LogP contribution in [0.4, 0.5) is 10.2 Å². The Morgan fingerprint density at radius 3 is 2.81 bits per heavy atom. The van der Waals surface area contributed by atoms with Crippen molar-refractivity contribution in [2.24, 2.45) is 0 Å². The molecule has 0 aliphatic rings. The molecule has 1 aromatic carbocycles. The van der Waals surface area contributed by atoms with Gasteiger partial charge < -0.3 is 5.73 Å². The van der Waals surface area contributed by atoms with Gasteiger partial charge in [-0.3, -0.25) is 0 Å². The summed E-state index contributed by atoms with van der Waals surface area (Å²) >= 11 is 5.82. The summed E-state index contributed by atoms with van der Waals surface area (Å²) in [6, 6.07) is 8.01. The van der Waals surface area contributed by atoms with Crippen molar-refractivity contribution in [3.63, 3.8) is 0 Å². The number of pyridine rings is 1. The maximum Gasteiger partial charge on any atom is 0.123 e. The highest BCUT2D eigenvalue weighted by Crippen LogP contribution is 2.25. The van der Waals surface area contributed by atoms with Gasteiger partial charge in [0.05, 0.1) is 0 Å². The molecule has 0 saturated heterocycles. The monoisotopic (exact) mass is 236 g/mol. The minimum atomic E-state index is -0.283. The van der Waals surface area contributed by atoms with Crippen molar-refractivity contribution in [2.45, 2.75) is 5.88 Å². The van der Waals surface area contributed by atoms with E-state index in [-0.39, 0.29) is 5.82 Å². The largest absolute Gasteiger partial charge is 0.384 e. The smallest absolute Gasteiger partial charge is 0.123 e. The number of nitrogen functional groups attached to an aromatic ring is 1. The Morgan fingerprint density at radius 2 is 2.12 bits per heavy atom. The standard InChI is InChI=1S/C12H10ClFN2/c13-6-9-5-12(15)16-7-11(9)8-2-1-3-10(14)4-8/h1-5,7H,6H2,(H2,15,16). The van der Waals surface area contributed by atoms with E-state index in [9.17, 15) is 4.39 Å². The normalized spacial score (nSPS) is 10.4. The van der Waals surface area contributed by atoms with Crippen molar-refractivity contribution >= 4 is 17.4 Å². The maximum atomic E-state index is 13.1. The second-order valence-electron chi connectivity index (χ2n) is 3.41. The van der Waals surface area contributed by atoms with Crippen LogP contribution in [-0.4, -0.2) is 4.98 Å². The number of rotatable bonds is 2. The molecular formula is C12H10ClFN2. The Labute approximate surface area is 97.9 Å². The first kappa shape index (κ1) is 10.9. The van der Waals surface area contributed by atoms with Crippen molar-refractivity contribution in [2.75, 3.05) is 5.73 Å². The molecule has 0 amide bonds. The van der Waals surface area contributed by atoms with E-state index < -0.39 is 0 Å². The predicted octanol–water partition coefficient (Wildman–Crippen LogP) is 3.21. The van der Waals surface area contributed by atoms with Gasteiger partial charge in [0.25, 0.3) is 0 Å². The van der Waals surface area contributed by atoms with Crippen molar-refractivity contribution in [1.82, 2.24) is 4.98 Å². The molecule has 82 valence electrons. The van der Waals surface area contributed by atoms with Gasteiger partial charge in [-0.1, -0.05) is 12.1 Å². The fraction of sp³-hybridized carbons (Fsp3) is 0.0833. The zero-order chi connectivity index (χ0) is 11.5. The van der Waals surface area contributed by atoms with Gasteiger partial charge in [0.2, 0.25) is 0 Å². The molecule has 0 fully saturated rings. The van der Waals surface area contributed by atoms with Crippen LogP contribution in [-0.2, 0) is 5.88 Å². The number of aromatic nitrogens is 1. The summed E-state index contributed by atoms with van der Waals surface area (Å²) in [6.07, 6.45) is 1.61. The van der Waals surface area contributed by atoms with Crippen LogP contribution in [0.3, 0.4) is 0 Å². The molecule has 0 saturated carbocycles. The lowest BCUT2D eigenvalue weighted by molar-refractivity contribution is 0.628. The highest BCUT2D eigenvalue weighted by molar-refractivity contribution is 6.17. The summed E-state index contributed by atoms with van der Waals surface area (Å²) in [5.74, 6) is 0.448. The van der Waals surface area contributed by atoms with Crippen LogP contribution >= 0.6 is 11.6 Å². The highest BCUT2D eigenvalue weighted by Gasteiger charge is 2.06. The molecule has 0 aliphatic heterocycles. The van der Waals surface area contributed by atoms with Gasteiger partial charge in [-0.05, 0) is 29.3 Å². The minimum Gasteiger partial charge on any atom is -0.384 e. The molecule has 1 heterocycles. The Morgan fingerprint density at radius 1 is 1.31 bits per heavy atom. The molecule has 0 atom stereocenters. The lowest BCUT2D eigenvalue weighted by Gasteiger charge is -2.07. The van der Waals surface area contributed by atoms with E-state index in [0.717, 1.165) is 16.7 Å². The molecule has 4 heteroatoms. The number of anilines is 1. The second-order valence-corrected chi connectivity index (χ2v) is 3.68. The number of hydrogen-bond acceptors (Lipinski definition) is 2. The van der Waals surface area contributed by atoms with E-state index in [1.807, 2.05) is 6.07 Å². The Hall–Kier alpha value is -1.61. The topological polar surface area (TPSA) is 38.9 Å². The first-order valence-corrected chi connectivity index (χ1v) is 5.30. The molecule has 16 heavy (non-hydrogen) atoms. The van der Waals surface area contributed by atoms with Gasteiger partial charge in [0, 0.05) is 17.6 Å². The second kappa shape index (κ2) is 4.49. The number of nitrogens with zero attached hydrogens (tertiary/aromatic N) is 1. The maximum absolute atomic E-state index is 13.1. The van der Waals surface area contributed by atoms with E-state index in [1.54, 1.807) is 18.3 Å². The number of halogens is 2. The van der Waals surface area contributed by atoms with Crippen LogP contribution in [0.5, 0.6) is 0 Å².